The van der Waals surface area contributed by atoms with E-state index in [0.717, 1.165) is 11.1 Å². The van der Waals surface area contributed by atoms with Crippen molar-refractivity contribution in [2.75, 3.05) is 5.32 Å². The maximum atomic E-state index is 12.9. The lowest BCUT2D eigenvalue weighted by molar-refractivity contribution is -0.131. The number of guanidine groups is 1. The molecule has 1 atom stereocenters. The SMILES string of the molecule is [B]c1cccc(NC(=O)NCc2ccc(CN3C(=O)C(C)(CC(C)C)N=C3N)cc2)c1. The normalized spacial score (nSPS) is 18.3. The number of carbonyl (C=O) groups excluding carboxylic acids is 2. The van der Waals surface area contributed by atoms with Gasteiger partial charge in [-0.25, -0.2) is 9.79 Å². The third kappa shape index (κ3) is 5.66. The summed E-state index contributed by atoms with van der Waals surface area (Å²) in [6.45, 7) is 6.70. The number of rotatable bonds is 7. The minimum Gasteiger partial charge on any atom is -0.369 e. The van der Waals surface area contributed by atoms with Crippen LogP contribution >= 0.6 is 0 Å². The maximum Gasteiger partial charge on any atom is 0.319 e. The van der Waals surface area contributed by atoms with Gasteiger partial charge < -0.3 is 16.4 Å². The Morgan fingerprint density at radius 1 is 1.19 bits per heavy atom. The summed E-state index contributed by atoms with van der Waals surface area (Å²) < 4.78 is 0. The minimum atomic E-state index is -0.793. The van der Waals surface area contributed by atoms with Crippen LogP contribution < -0.4 is 21.8 Å². The van der Waals surface area contributed by atoms with Crippen molar-refractivity contribution in [1.29, 1.82) is 0 Å². The van der Waals surface area contributed by atoms with Crippen molar-refractivity contribution in [2.24, 2.45) is 16.6 Å². The van der Waals surface area contributed by atoms with E-state index >= 15 is 0 Å². The first-order valence-electron chi connectivity index (χ1n) is 10.3. The molecule has 2 aromatic rings. The van der Waals surface area contributed by atoms with Gasteiger partial charge in [0.15, 0.2) is 5.96 Å². The summed E-state index contributed by atoms with van der Waals surface area (Å²) in [6.07, 6.45) is 0.658. The quantitative estimate of drug-likeness (QED) is 0.603. The molecule has 0 aliphatic carbocycles. The Kier molecular flexibility index (Phi) is 6.68. The average molecular weight is 417 g/mol. The fraction of sp³-hybridized carbons (Fsp3) is 0.348. The van der Waals surface area contributed by atoms with Crippen LogP contribution in [0.25, 0.3) is 0 Å². The molecule has 2 aromatic carbocycles. The van der Waals surface area contributed by atoms with Crippen molar-refractivity contribution in [3.05, 3.63) is 59.7 Å². The molecule has 7 nitrogen and oxygen atoms in total. The van der Waals surface area contributed by atoms with Gasteiger partial charge in [0.25, 0.3) is 5.91 Å². The second-order valence-corrected chi connectivity index (χ2v) is 8.48. The molecule has 31 heavy (non-hydrogen) atoms. The number of nitrogens with one attached hydrogen (secondary N) is 2. The molecule has 1 unspecified atom stereocenters. The summed E-state index contributed by atoms with van der Waals surface area (Å²) in [4.78, 5) is 30.9. The van der Waals surface area contributed by atoms with Crippen LogP contribution in [-0.4, -0.2) is 36.2 Å². The van der Waals surface area contributed by atoms with Gasteiger partial charge in [-0.15, -0.1) is 0 Å². The molecule has 1 aliphatic heterocycles. The number of carbonyl (C=O) groups is 2. The Morgan fingerprint density at radius 3 is 2.52 bits per heavy atom. The van der Waals surface area contributed by atoms with Crippen LogP contribution in [0.1, 0.15) is 38.3 Å². The van der Waals surface area contributed by atoms with E-state index in [1.165, 1.54) is 4.90 Å². The highest BCUT2D eigenvalue weighted by Crippen LogP contribution is 2.29. The van der Waals surface area contributed by atoms with Crippen LogP contribution in [0, 0.1) is 5.92 Å². The minimum absolute atomic E-state index is 0.0670. The molecule has 0 saturated carbocycles. The number of urea groups is 1. The van der Waals surface area contributed by atoms with E-state index < -0.39 is 5.54 Å². The molecule has 8 heteroatoms. The first-order valence-corrected chi connectivity index (χ1v) is 10.3. The molecule has 3 amide bonds. The monoisotopic (exact) mass is 417 g/mol. The smallest absolute Gasteiger partial charge is 0.319 e. The fourth-order valence-electron chi connectivity index (χ4n) is 3.76. The van der Waals surface area contributed by atoms with E-state index in [2.05, 4.69) is 29.5 Å². The second-order valence-electron chi connectivity index (χ2n) is 8.48. The van der Waals surface area contributed by atoms with Gasteiger partial charge in [0.05, 0.1) is 6.54 Å². The molecule has 0 bridgehead atoms. The van der Waals surface area contributed by atoms with Gasteiger partial charge in [-0.2, -0.15) is 0 Å². The predicted octanol–water partition coefficient (Wildman–Crippen LogP) is 2.26. The molecule has 4 N–H and O–H groups in total. The number of anilines is 1. The molecule has 0 saturated heterocycles. The van der Waals surface area contributed by atoms with Gasteiger partial charge in [-0.05, 0) is 42.5 Å². The Bertz CT molecular complexity index is 990. The first-order chi connectivity index (χ1) is 14.7. The second kappa shape index (κ2) is 9.24. The van der Waals surface area contributed by atoms with Crippen LogP contribution in [0.3, 0.4) is 0 Å². The Labute approximate surface area is 184 Å². The van der Waals surface area contributed by atoms with Crippen molar-refractivity contribution in [2.45, 2.75) is 45.8 Å². The van der Waals surface area contributed by atoms with E-state index in [1.54, 1.807) is 24.3 Å². The van der Waals surface area contributed by atoms with Gasteiger partial charge in [-0.3, -0.25) is 9.69 Å². The van der Waals surface area contributed by atoms with E-state index in [4.69, 9.17) is 13.6 Å². The van der Waals surface area contributed by atoms with Crippen LogP contribution in [-0.2, 0) is 17.9 Å². The molecule has 160 valence electrons. The Hall–Kier alpha value is -3.29. The zero-order valence-electron chi connectivity index (χ0n) is 18.2. The number of aliphatic imine (C=N–C) groups is 1. The Morgan fingerprint density at radius 2 is 1.87 bits per heavy atom. The van der Waals surface area contributed by atoms with Gasteiger partial charge in [0.2, 0.25) is 0 Å². The van der Waals surface area contributed by atoms with Gasteiger partial charge in [0.1, 0.15) is 13.4 Å². The maximum absolute atomic E-state index is 12.9. The molecule has 0 aromatic heterocycles. The van der Waals surface area contributed by atoms with E-state index in [9.17, 15) is 9.59 Å². The van der Waals surface area contributed by atoms with Gasteiger partial charge >= 0.3 is 6.03 Å². The third-order valence-electron chi connectivity index (χ3n) is 5.11. The van der Waals surface area contributed by atoms with Gasteiger partial charge in [0, 0.05) is 12.2 Å². The molecule has 1 aliphatic rings. The summed E-state index contributed by atoms with van der Waals surface area (Å²) in [6, 6.07) is 14.3. The summed E-state index contributed by atoms with van der Waals surface area (Å²) in [5.41, 5.74) is 8.34. The fourth-order valence-corrected chi connectivity index (χ4v) is 3.76. The number of nitrogens with two attached hydrogens (primary N) is 1. The number of hydrogen-bond donors (Lipinski definition) is 3. The van der Waals surface area contributed by atoms with Gasteiger partial charge in [-0.1, -0.05) is 55.7 Å². The lowest BCUT2D eigenvalue weighted by Gasteiger charge is -2.23. The van der Waals surface area contributed by atoms with Crippen molar-refractivity contribution in [3.63, 3.8) is 0 Å². The molecule has 3 rings (SSSR count). The number of amides is 3. The average Bonchev–Trinajstić information content (AvgIpc) is 2.89. The number of nitrogens with zero attached hydrogens (tertiary/aromatic N) is 2. The molecule has 0 fully saturated rings. The molecular formula is C23H28BN5O2. The third-order valence-corrected chi connectivity index (χ3v) is 5.11. The highest BCUT2D eigenvalue weighted by molar-refractivity contribution is 6.32. The van der Waals surface area contributed by atoms with E-state index in [1.807, 2.05) is 31.2 Å². The van der Waals surface area contributed by atoms with Crippen LogP contribution in [0.15, 0.2) is 53.5 Å². The van der Waals surface area contributed by atoms with Crippen LogP contribution in [0.2, 0.25) is 0 Å². The van der Waals surface area contributed by atoms with E-state index in [-0.39, 0.29) is 17.9 Å². The number of hydrogen-bond acceptors (Lipinski definition) is 4. The zero-order valence-corrected chi connectivity index (χ0v) is 18.2. The molecule has 0 spiro atoms. The summed E-state index contributed by atoms with van der Waals surface area (Å²) in [7, 11) is 5.71. The zero-order chi connectivity index (χ0) is 22.6. The van der Waals surface area contributed by atoms with E-state index in [0.29, 0.717) is 36.6 Å². The topological polar surface area (TPSA) is 99.8 Å². The van der Waals surface area contributed by atoms with Crippen LogP contribution in [0.4, 0.5) is 10.5 Å². The first kappa shape index (κ1) is 22.4. The largest absolute Gasteiger partial charge is 0.369 e. The summed E-state index contributed by atoms with van der Waals surface area (Å²) in [5.74, 6) is 0.536. The van der Waals surface area contributed by atoms with Crippen molar-refractivity contribution in [3.8, 4) is 0 Å². The molecule has 1 heterocycles. The van der Waals surface area contributed by atoms with Crippen molar-refractivity contribution in [1.82, 2.24) is 10.2 Å². The Balaban J connectivity index is 1.54. The predicted molar refractivity (Wildman–Crippen MR) is 124 cm³/mol. The lowest BCUT2D eigenvalue weighted by Crippen LogP contribution is -2.43. The molecular weight excluding hydrogens is 389 g/mol. The standard InChI is InChI=1S/C23H28BN5O2/c1-15(2)12-23(3)20(30)29(21(25)28-23)14-17-9-7-16(8-10-17)13-26-22(31)27-19-6-4-5-18(24)11-19/h4-11,15H,12-14H2,1-3H3,(H2,25,28)(H2,26,27,31). The summed E-state index contributed by atoms with van der Waals surface area (Å²) in [5, 5.41) is 5.55. The summed E-state index contributed by atoms with van der Waals surface area (Å²) >= 11 is 0. The van der Waals surface area contributed by atoms with Crippen molar-refractivity contribution < 1.29 is 9.59 Å². The molecule has 2 radical (unpaired) electrons. The van der Waals surface area contributed by atoms with Crippen LogP contribution in [0.5, 0.6) is 0 Å². The van der Waals surface area contributed by atoms with Crippen molar-refractivity contribution >= 4 is 36.9 Å². The number of benzene rings is 2. The highest BCUT2D eigenvalue weighted by atomic mass is 16.2. The highest BCUT2D eigenvalue weighted by Gasteiger charge is 2.43. The lowest BCUT2D eigenvalue weighted by atomic mass is 9.91.